The monoisotopic (exact) mass is 169 g/mol. The second-order valence-electron chi connectivity index (χ2n) is 2.48. The van der Waals surface area contributed by atoms with Crippen LogP contribution in [-0.4, -0.2) is 29.2 Å². The molecule has 1 aliphatic rings. The van der Waals surface area contributed by atoms with E-state index in [-0.39, 0.29) is 0 Å². The number of hydrogen-bond acceptors (Lipinski definition) is 4. The van der Waals surface area contributed by atoms with Gasteiger partial charge < -0.3 is 10.8 Å². The lowest BCUT2D eigenvalue weighted by atomic mass is 9.84. The summed E-state index contributed by atoms with van der Waals surface area (Å²) in [6, 6.07) is 0. The summed E-state index contributed by atoms with van der Waals surface area (Å²) in [5, 5.41) is 8.64. The molecule has 0 heterocycles. The van der Waals surface area contributed by atoms with Crippen molar-refractivity contribution in [3.05, 3.63) is 12.2 Å². The van der Waals surface area contributed by atoms with Crippen molar-refractivity contribution in [3.8, 4) is 0 Å². The van der Waals surface area contributed by atoms with Gasteiger partial charge in [0.15, 0.2) is 11.6 Å². The van der Waals surface area contributed by atoms with Crippen LogP contribution in [0.25, 0.3) is 0 Å². The first kappa shape index (κ1) is 8.61. The van der Waals surface area contributed by atoms with Crippen molar-refractivity contribution in [2.75, 3.05) is 6.54 Å². The number of rotatable bonds is 2. The van der Waals surface area contributed by atoms with Crippen LogP contribution in [0.2, 0.25) is 0 Å². The number of carbonyl (C=O) groups excluding carboxylic acids is 2. The first-order valence-corrected chi connectivity index (χ1v) is 3.26. The molecule has 0 fully saturated rings. The zero-order valence-corrected chi connectivity index (χ0v) is 6.11. The lowest BCUT2D eigenvalue weighted by molar-refractivity contribution is -0.155. The zero-order chi connectivity index (χ0) is 9.35. The third kappa shape index (κ3) is 0.799. The van der Waals surface area contributed by atoms with Gasteiger partial charge in [-0.05, 0) is 12.2 Å². The highest BCUT2D eigenvalue weighted by Gasteiger charge is 2.52. The predicted octanol–water partition coefficient (Wildman–Crippen LogP) is -1.28. The lowest BCUT2D eigenvalue weighted by Crippen LogP contribution is -2.47. The highest BCUT2D eigenvalue weighted by atomic mass is 16.4. The summed E-state index contributed by atoms with van der Waals surface area (Å²) in [6.07, 6.45) is 1.90. The van der Waals surface area contributed by atoms with E-state index in [2.05, 4.69) is 0 Å². The van der Waals surface area contributed by atoms with Crippen molar-refractivity contribution in [1.29, 1.82) is 0 Å². The van der Waals surface area contributed by atoms with Crippen LogP contribution in [0.3, 0.4) is 0 Å². The number of hydrogen-bond donors (Lipinski definition) is 2. The van der Waals surface area contributed by atoms with Crippen molar-refractivity contribution in [3.63, 3.8) is 0 Å². The zero-order valence-electron chi connectivity index (χ0n) is 6.11. The van der Waals surface area contributed by atoms with E-state index in [4.69, 9.17) is 10.8 Å². The van der Waals surface area contributed by atoms with Crippen molar-refractivity contribution in [2.45, 2.75) is 0 Å². The molecule has 0 aromatic heterocycles. The van der Waals surface area contributed by atoms with E-state index in [9.17, 15) is 14.4 Å². The van der Waals surface area contributed by atoms with Gasteiger partial charge in [-0.15, -0.1) is 0 Å². The van der Waals surface area contributed by atoms with Crippen LogP contribution in [0.1, 0.15) is 0 Å². The molecule has 0 atom stereocenters. The molecule has 0 aromatic rings. The number of nitrogens with two attached hydrogens (primary N) is 1. The highest BCUT2D eigenvalue weighted by molar-refractivity contribution is 6.32. The van der Waals surface area contributed by atoms with Gasteiger partial charge in [0.1, 0.15) is 0 Å². The molecule has 3 N–H and O–H groups in total. The van der Waals surface area contributed by atoms with Gasteiger partial charge in [-0.2, -0.15) is 0 Å². The second kappa shape index (κ2) is 2.53. The van der Waals surface area contributed by atoms with Crippen molar-refractivity contribution in [2.24, 2.45) is 11.1 Å². The van der Waals surface area contributed by atoms with E-state index in [0.29, 0.717) is 0 Å². The Morgan fingerprint density at radius 1 is 1.42 bits per heavy atom. The van der Waals surface area contributed by atoms with Crippen LogP contribution in [0.4, 0.5) is 0 Å². The Balaban J connectivity index is 3.18. The fraction of sp³-hybridized carbons (Fsp3) is 0.286. The van der Waals surface area contributed by atoms with Gasteiger partial charge >= 0.3 is 5.97 Å². The molecule has 0 radical (unpaired) electrons. The minimum absolute atomic E-state index is 0.493. The maximum atomic E-state index is 11.0. The molecule has 0 spiro atoms. The second-order valence-corrected chi connectivity index (χ2v) is 2.48. The third-order valence-electron chi connectivity index (χ3n) is 1.90. The Kier molecular flexibility index (Phi) is 1.81. The molecular weight excluding hydrogens is 162 g/mol. The van der Waals surface area contributed by atoms with Crippen LogP contribution in [-0.2, 0) is 14.4 Å². The number of carboxylic acid groups (broad SMARTS) is 1. The highest BCUT2D eigenvalue weighted by Crippen LogP contribution is 2.25. The Morgan fingerprint density at radius 3 is 2.00 bits per heavy atom. The van der Waals surface area contributed by atoms with Gasteiger partial charge in [0.05, 0.1) is 0 Å². The largest absolute Gasteiger partial charge is 0.480 e. The summed E-state index contributed by atoms with van der Waals surface area (Å²) >= 11 is 0. The molecule has 0 unspecified atom stereocenters. The summed E-state index contributed by atoms with van der Waals surface area (Å²) in [5.41, 5.74) is 3.05. The first-order valence-electron chi connectivity index (χ1n) is 3.26. The average molecular weight is 169 g/mol. The summed E-state index contributed by atoms with van der Waals surface area (Å²) < 4.78 is 0. The fourth-order valence-corrected chi connectivity index (χ4v) is 1.06. The quantitative estimate of drug-likeness (QED) is 0.502. The number of ketones is 2. The molecule has 5 heteroatoms. The van der Waals surface area contributed by atoms with E-state index in [1.165, 1.54) is 0 Å². The molecule has 64 valence electrons. The fourth-order valence-electron chi connectivity index (χ4n) is 1.06. The van der Waals surface area contributed by atoms with E-state index < -0.39 is 29.5 Å². The summed E-state index contributed by atoms with van der Waals surface area (Å²) in [5.74, 6) is -2.98. The Hall–Kier alpha value is -1.49. The van der Waals surface area contributed by atoms with Crippen molar-refractivity contribution < 1.29 is 19.5 Å². The predicted molar refractivity (Wildman–Crippen MR) is 38.3 cm³/mol. The third-order valence-corrected chi connectivity index (χ3v) is 1.90. The SMILES string of the molecule is NCC1(C(=O)O)C(=O)C=CC1=O. The number of carbonyl (C=O) groups is 3. The van der Waals surface area contributed by atoms with Crippen molar-refractivity contribution in [1.82, 2.24) is 0 Å². The molecule has 0 saturated carbocycles. The lowest BCUT2D eigenvalue weighted by Gasteiger charge is -2.17. The normalized spacial score (nSPS) is 20.1. The standard InChI is InChI=1S/C7H7NO4/c8-3-7(6(11)12)4(9)1-2-5(7)10/h1-2H,3,8H2,(H,11,12). The minimum Gasteiger partial charge on any atom is -0.480 e. The van der Waals surface area contributed by atoms with E-state index in [1.54, 1.807) is 0 Å². The summed E-state index contributed by atoms with van der Waals surface area (Å²) in [6.45, 7) is -0.493. The molecule has 5 nitrogen and oxygen atoms in total. The molecule has 0 saturated heterocycles. The Morgan fingerprint density at radius 2 is 1.83 bits per heavy atom. The van der Waals surface area contributed by atoms with Crippen LogP contribution in [0.5, 0.6) is 0 Å². The molecule has 12 heavy (non-hydrogen) atoms. The molecule has 0 bridgehead atoms. The van der Waals surface area contributed by atoms with Crippen LogP contribution in [0, 0.1) is 5.41 Å². The van der Waals surface area contributed by atoms with Crippen LogP contribution < -0.4 is 5.73 Å². The minimum atomic E-state index is -2.04. The van der Waals surface area contributed by atoms with Crippen molar-refractivity contribution >= 4 is 17.5 Å². The molecule has 0 aromatic carbocycles. The topological polar surface area (TPSA) is 97.5 Å². The first-order chi connectivity index (χ1) is 5.55. The molecule has 1 rings (SSSR count). The van der Waals surface area contributed by atoms with E-state index >= 15 is 0 Å². The van der Waals surface area contributed by atoms with Crippen LogP contribution >= 0.6 is 0 Å². The molecular formula is C7H7NO4. The van der Waals surface area contributed by atoms with E-state index in [1.807, 2.05) is 0 Å². The van der Waals surface area contributed by atoms with Crippen LogP contribution in [0.15, 0.2) is 12.2 Å². The Labute approximate surface area is 67.9 Å². The van der Waals surface area contributed by atoms with Gasteiger partial charge in [0.2, 0.25) is 5.41 Å². The van der Waals surface area contributed by atoms with Gasteiger partial charge in [-0.3, -0.25) is 14.4 Å². The van der Waals surface area contributed by atoms with Gasteiger partial charge in [0.25, 0.3) is 0 Å². The van der Waals surface area contributed by atoms with Gasteiger partial charge in [-0.25, -0.2) is 0 Å². The molecule has 0 amide bonds. The maximum Gasteiger partial charge on any atom is 0.326 e. The number of allylic oxidation sites excluding steroid dienone is 2. The molecule has 1 aliphatic carbocycles. The number of aliphatic carboxylic acids is 1. The van der Waals surface area contributed by atoms with Gasteiger partial charge in [-0.1, -0.05) is 0 Å². The van der Waals surface area contributed by atoms with Gasteiger partial charge in [0, 0.05) is 6.54 Å². The maximum absolute atomic E-state index is 11.0. The summed E-state index contributed by atoms with van der Waals surface area (Å²) in [7, 11) is 0. The average Bonchev–Trinajstić information content (AvgIpc) is 2.29. The Bertz CT molecular complexity index is 274. The van der Waals surface area contributed by atoms with E-state index in [0.717, 1.165) is 12.2 Å². The number of carboxylic acids is 1. The molecule has 0 aliphatic heterocycles. The smallest absolute Gasteiger partial charge is 0.326 e. The summed E-state index contributed by atoms with van der Waals surface area (Å²) in [4.78, 5) is 32.6.